The summed E-state index contributed by atoms with van der Waals surface area (Å²) in [6, 6.07) is 4.83. The number of nitrogens with two attached hydrogens (primary N) is 1. The van der Waals surface area contributed by atoms with E-state index in [1.165, 1.54) is 6.39 Å². The van der Waals surface area contributed by atoms with Crippen molar-refractivity contribution in [1.29, 1.82) is 0 Å². The van der Waals surface area contributed by atoms with Crippen molar-refractivity contribution in [2.24, 2.45) is 5.73 Å². The van der Waals surface area contributed by atoms with Gasteiger partial charge in [0.2, 0.25) is 6.39 Å². The smallest absolute Gasteiger partial charge is 0.213 e. The molecule has 0 saturated heterocycles. The van der Waals surface area contributed by atoms with E-state index in [2.05, 4.69) is 14.7 Å². The molecule has 16 heavy (non-hydrogen) atoms. The van der Waals surface area contributed by atoms with Gasteiger partial charge in [-0.25, -0.2) is 0 Å². The molecule has 0 bridgehead atoms. The van der Waals surface area contributed by atoms with E-state index in [0.717, 1.165) is 5.56 Å². The van der Waals surface area contributed by atoms with Crippen LogP contribution in [0, 0.1) is 0 Å². The van der Waals surface area contributed by atoms with Gasteiger partial charge in [0.25, 0.3) is 0 Å². The highest BCUT2D eigenvalue weighted by molar-refractivity contribution is 6.32. The zero-order valence-corrected chi connectivity index (χ0v) is 9.31. The van der Waals surface area contributed by atoms with Gasteiger partial charge in [0, 0.05) is 0 Å². The second-order valence-corrected chi connectivity index (χ2v) is 3.57. The fourth-order valence-electron chi connectivity index (χ4n) is 1.34. The van der Waals surface area contributed by atoms with Gasteiger partial charge < -0.3 is 15.0 Å². The Morgan fingerprint density at radius 1 is 1.50 bits per heavy atom. The van der Waals surface area contributed by atoms with E-state index in [9.17, 15) is 0 Å². The number of nitrogens with zero attached hydrogens (tertiary/aromatic N) is 2. The van der Waals surface area contributed by atoms with Crippen molar-refractivity contribution in [1.82, 2.24) is 10.1 Å². The van der Waals surface area contributed by atoms with Gasteiger partial charge in [-0.1, -0.05) is 22.8 Å². The van der Waals surface area contributed by atoms with Crippen LogP contribution >= 0.6 is 11.6 Å². The lowest BCUT2D eigenvalue weighted by atomic mass is 10.1. The summed E-state index contributed by atoms with van der Waals surface area (Å²) in [6.07, 6.45) is 1.24. The first-order valence-electron chi connectivity index (χ1n) is 4.57. The third kappa shape index (κ3) is 2.00. The van der Waals surface area contributed by atoms with Gasteiger partial charge in [-0.2, -0.15) is 4.98 Å². The maximum absolute atomic E-state index is 5.99. The summed E-state index contributed by atoms with van der Waals surface area (Å²) in [4.78, 5) is 3.89. The second-order valence-electron chi connectivity index (χ2n) is 3.16. The van der Waals surface area contributed by atoms with Crippen LogP contribution in [0.1, 0.15) is 17.4 Å². The van der Waals surface area contributed by atoms with Gasteiger partial charge in [0.1, 0.15) is 5.75 Å². The summed E-state index contributed by atoms with van der Waals surface area (Å²) in [5.41, 5.74) is 6.74. The lowest BCUT2D eigenvalue weighted by molar-refractivity contribution is 0.407. The Morgan fingerprint density at radius 3 is 2.88 bits per heavy atom. The lowest BCUT2D eigenvalue weighted by Crippen LogP contribution is -2.13. The van der Waals surface area contributed by atoms with Crippen LogP contribution in [-0.2, 0) is 0 Å². The maximum atomic E-state index is 5.99. The third-order valence-electron chi connectivity index (χ3n) is 2.19. The molecule has 6 heteroatoms. The van der Waals surface area contributed by atoms with E-state index in [-0.39, 0.29) is 0 Å². The van der Waals surface area contributed by atoms with Gasteiger partial charge in [-0.3, -0.25) is 0 Å². The molecular formula is C10H10ClN3O2. The van der Waals surface area contributed by atoms with Crippen molar-refractivity contribution < 1.29 is 9.26 Å². The van der Waals surface area contributed by atoms with E-state index in [1.807, 2.05) is 6.07 Å². The quantitative estimate of drug-likeness (QED) is 0.884. The highest BCUT2D eigenvalue weighted by Gasteiger charge is 2.14. The molecule has 2 N–H and O–H groups in total. The van der Waals surface area contributed by atoms with Crippen molar-refractivity contribution in [2.75, 3.05) is 7.11 Å². The zero-order valence-electron chi connectivity index (χ0n) is 8.55. The molecule has 1 aromatic carbocycles. The van der Waals surface area contributed by atoms with Gasteiger partial charge in [-0.15, -0.1) is 0 Å². The summed E-state index contributed by atoms with van der Waals surface area (Å²) in [7, 11) is 1.56. The van der Waals surface area contributed by atoms with E-state index >= 15 is 0 Å². The molecule has 1 atom stereocenters. The van der Waals surface area contributed by atoms with Crippen molar-refractivity contribution in [3.8, 4) is 5.75 Å². The minimum Gasteiger partial charge on any atom is -0.495 e. The highest BCUT2D eigenvalue weighted by Crippen LogP contribution is 2.28. The predicted octanol–water partition coefficient (Wildman–Crippen LogP) is 1.78. The molecule has 1 unspecified atom stereocenters. The Morgan fingerprint density at radius 2 is 2.31 bits per heavy atom. The van der Waals surface area contributed by atoms with E-state index < -0.39 is 6.04 Å². The molecule has 0 aliphatic carbocycles. The molecule has 1 heterocycles. The molecule has 0 aliphatic rings. The van der Waals surface area contributed by atoms with Crippen LogP contribution in [0.15, 0.2) is 29.1 Å². The van der Waals surface area contributed by atoms with Gasteiger partial charge in [0.05, 0.1) is 18.2 Å². The first-order valence-corrected chi connectivity index (χ1v) is 4.95. The Kier molecular flexibility index (Phi) is 3.07. The molecule has 2 aromatic rings. The van der Waals surface area contributed by atoms with Gasteiger partial charge in [-0.05, 0) is 17.7 Å². The SMILES string of the molecule is COc1ccc(C(N)c2ncon2)cc1Cl. The third-order valence-corrected chi connectivity index (χ3v) is 2.49. The topological polar surface area (TPSA) is 74.2 Å². The normalized spacial score (nSPS) is 12.4. The van der Waals surface area contributed by atoms with Crippen molar-refractivity contribution in [3.63, 3.8) is 0 Å². The maximum Gasteiger partial charge on any atom is 0.213 e. The van der Waals surface area contributed by atoms with Crippen LogP contribution in [0.25, 0.3) is 0 Å². The monoisotopic (exact) mass is 239 g/mol. The number of halogens is 1. The standard InChI is InChI=1S/C10H10ClN3O2/c1-15-8-3-2-6(4-7(8)11)9(12)10-13-5-16-14-10/h2-5,9H,12H2,1H3. The number of hydrogen-bond acceptors (Lipinski definition) is 5. The van der Waals surface area contributed by atoms with E-state index in [0.29, 0.717) is 16.6 Å². The van der Waals surface area contributed by atoms with E-state index in [1.54, 1.807) is 19.2 Å². The number of hydrogen-bond donors (Lipinski definition) is 1. The molecule has 1 aromatic heterocycles. The summed E-state index contributed by atoms with van der Waals surface area (Å²) >= 11 is 5.99. The minimum atomic E-state index is -0.456. The minimum absolute atomic E-state index is 0.418. The van der Waals surface area contributed by atoms with Crippen LogP contribution in [0.5, 0.6) is 5.75 Å². The molecule has 0 spiro atoms. The average molecular weight is 240 g/mol. The zero-order chi connectivity index (χ0) is 11.5. The van der Waals surface area contributed by atoms with Gasteiger partial charge in [0.15, 0.2) is 5.82 Å². The van der Waals surface area contributed by atoms with E-state index in [4.69, 9.17) is 22.1 Å². The first kappa shape index (κ1) is 10.9. The lowest BCUT2D eigenvalue weighted by Gasteiger charge is -2.09. The summed E-state index contributed by atoms with van der Waals surface area (Å²) in [5.74, 6) is 1.02. The Balaban J connectivity index is 2.31. The molecule has 0 radical (unpaired) electrons. The molecule has 0 saturated carbocycles. The molecule has 0 amide bonds. The molecular weight excluding hydrogens is 230 g/mol. The number of benzene rings is 1. The number of aromatic nitrogens is 2. The fraction of sp³-hybridized carbons (Fsp3) is 0.200. The fourth-order valence-corrected chi connectivity index (χ4v) is 1.61. The van der Waals surface area contributed by atoms with Crippen LogP contribution in [0.4, 0.5) is 0 Å². The molecule has 0 aliphatic heterocycles. The van der Waals surface area contributed by atoms with Crippen LogP contribution < -0.4 is 10.5 Å². The Labute approximate surface area is 97.2 Å². The average Bonchev–Trinajstić information content (AvgIpc) is 2.81. The summed E-state index contributed by atoms with van der Waals surface area (Å²) in [5, 5.41) is 4.18. The number of ether oxygens (including phenoxy) is 1. The molecule has 84 valence electrons. The van der Waals surface area contributed by atoms with Crippen LogP contribution in [0.2, 0.25) is 5.02 Å². The second kappa shape index (κ2) is 4.51. The Bertz CT molecular complexity index is 473. The van der Waals surface area contributed by atoms with Crippen molar-refractivity contribution in [2.45, 2.75) is 6.04 Å². The van der Waals surface area contributed by atoms with Crippen LogP contribution in [0.3, 0.4) is 0 Å². The number of methoxy groups -OCH3 is 1. The van der Waals surface area contributed by atoms with Crippen molar-refractivity contribution in [3.05, 3.63) is 41.0 Å². The summed E-state index contributed by atoms with van der Waals surface area (Å²) in [6.45, 7) is 0. The molecule has 5 nitrogen and oxygen atoms in total. The van der Waals surface area contributed by atoms with Crippen molar-refractivity contribution >= 4 is 11.6 Å². The highest BCUT2D eigenvalue weighted by atomic mass is 35.5. The first-order chi connectivity index (χ1) is 7.72. The predicted molar refractivity (Wildman–Crippen MR) is 58.3 cm³/mol. The van der Waals surface area contributed by atoms with Crippen LogP contribution in [-0.4, -0.2) is 17.3 Å². The largest absolute Gasteiger partial charge is 0.495 e. The number of rotatable bonds is 3. The summed E-state index contributed by atoms with van der Waals surface area (Å²) < 4.78 is 9.68. The van der Waals surface area contributed by atoms with Gasteiger partial charge >= 0.3 is 0 Å². The Hall–Kier alpha value is -1.59. The molecule has 0 fully saturated rings. The molecule has 2 rings (SSSR count).